The molecule has 31 heavy (non-hydrogen) atoms. The molecule has 9 heteroatoms. The lowest BCUT2D eigenvalue weighted by Gasteiger charge is -2.35. The third-order valence-corrected chi connectivity index (χ3v) is 7.46. The smallest absolute Gasteiger partial charge is 0.242 e. The van der Waals surface area contributed by atoms with Gasteiger partial charge in [0.25, 0.3) is 0 Å². The molecule has 0 bridgehead atoms. The number of carbonyl (C=O) groups is 1. The molecule has 2 aromatic rings. The van der Waals surface area contributed by atoms with E-state index in [1.165, 1.54) is 26.2 Å². The van der Waals surface area contributed by atoms with Crippen LogP contribution in [0.1, 0.15) is 22.0 Å². The van der Waals surface area contributed by atoms with Crippen molar-refractivity contribution in [3.05, 3.63) is 64.7 Å². The van der Waals surface area contributed by atoms with Crippen molar-refractivity contribution in [2.24, 2.45) is 0 Å². The van der Waals surface area contributed by atoms with Crippen LogP contribution in [0.2, 0.25) is 5.02 Å². The van der Waals surface area contributed by atoms with Crippen molar-refractivity contribution >= 4 is 27.4 Å². The van der Waals surface area contributed by atoms with Gasteiger partial charge in [0, 0.05) is 50.4 Å². The van der Waals surface area contributed by atoms with E-state index in [9.17, 15) is 13.2 Å². The van der Waals surface area contributed by atoms with Crippen LogP contribution in [0, 0.1) is 0 Å². The molecule has 1 aliphatic rings. The lowest BCUT2D eigenvalue weighted by Crippen LogP contribution is -2.43. The van der Waals surface area contributed by atoms with Crippen LogP contribution in [0.25, 0.3) is 0 Å². The number of Topliss-reactive ketones (excluding diaryl/α,β-unsaturated/α-hetero) is 1. The van der Waals surface area contributed by atoms with E-state index in [4.69, 9.17) is 16.3 Å². The zero-order valence-electron chi connectivity index (χ0n) is 17.8. The molecular weight excluding hydrogens is 438 g/mol. The molecule has 0 spiro atoms. The number of ketones is 1. The first-order valence-electron chi connectivity index (χ1n) is 10.1. The van der Waals surface area contributed by atoms with E-state index in [-0.39, 0.29) is 23.3 Å². The number of nitrogens with zero attached hydrogens (tertiary/aromatic N) is 2. The summed E-state index contributed by atoms with van der Waals surface area (Å²) >= 11 is 6.45. The SMILES string of the molecule is CN(C)S(=O)(=O)c1cccc(C(=O)CNCC(c2ccccc2Cl)N2CCOCC2)c1. The van der Waals surface area contributed by atoms with Gasteiger partial charge in [0.2, 0.25) is 10.0 Å². The average molecular weight is 466 g/mol. The molecule has 0 aliphatic carbocycles. The number of ether oxygens (including phenoxy) is 1. The third kappa shape index (κ3) is 5.91. The Morgan fingerprint density at radius 1 is 1.16 bits per heavy atom. The molecule has 0 amide bonds. The highest BCUT2D eigenvalue weighted by atomic mass is 35.5. The fraction of sp³-hybridized carbons (Fsp3) is 0.409. The Morgan fingerprint density at radius 3 is 2.55 bits per heavy atom. The number of sulfonamides is 1. The monoisotopic (exact) mass is 465 g/mol. The fourth-order valence-electron chi connectivity index (χ4n) is 3.54. The van der Waals surface area contributed by atoms with Crippen molar-refractivity contribution in [2.75, 3.05) is 53.5 Å². The van der Waals surface area contributed by atoms with Gasteiger partial charge in [0.1, 0.15) is 0 Å². The van der Waals surface area contributed by atoms with Crippen LogP contribution in [0.4, 0.5) is 0 Å². The first-order chi connectivity index (χ1) is 14.8. The quantitative estimate of drug-likeness (QED) is 0.573. The average Bonchev–Trinajstić information content (AvgIpc) is 2.78. The van der Waals surface area contributed by atoms with Crippen molar-refractivity contribution in [2.45, 2.75) is 10.9 Å². The van der Waals surface area contributed by atoms with Crippen molar-refractivity contribution in [3.63, 3.8) is 0 Å². The minimum Gasteiger partial charge on any atom is -0.379 e. The molecule has 1 fully saturated rings. The highest BCUT2D eigenvalue weighted by molar-refractivity contribution is 7.89. The molecular formula is C22H28ClN3O4S. The molecule has 0 radical (unpaired) electrons. The van der Waals surface area contributed by atoms with Gasteiger partial charge in [-0.25, -0.2) is 12.7 Å². The summed E-state index contributed by atoms with van der Waals surface area (Å²) in [4.78, 5) is 15.1. The van der Waals surface area contributed by atoms with E-state index < -0.39 is 10.0 Å². The standard InChI is InChI=1S/C22H28ClN3O4S/c1-25(2)31(28,29)18-7-5-6-17(14-18)22(27)16-24-15-21(26-10-12-30-13-11-26)19-8-3-4-9-20(19)23/h3-9,14,21,24H,10-13,15-16H2,1-2H3. The number of benzene rings is 2. The Morgan fingerprint density at radius 2 is 1.87 bits per heavy atom. The van der Waals surface area contributed by atoms with Crippen molar-refractivity contribution < 1.29 is 17.9 Å². The van der Waals surface area contributed by atoms with Crippen LogP contribution in [-0.2, 0) is 14.8 Å². The van der Waals surface area contributed by atoms with E-state index in [1.807, 2.05) is 24.3 Å². The second kappa shape index (κ2) is 10.7. The summed E-state index contributed by atoms with van der Waals surface area (Å²) in [6.07, 6.45) is 0. The van der Waals surface area contributed by atoms with Crippen LogP contribution in [-0.4, -0.2) is 76.9 Å². The molecule has 1 N–H and O–H groups in total. The maximum atomic E-state index is 12.7. The maximum absolute atomic E-state index is 12.7. The second-order valence-corrected chi connectivity index (χ2v) is 10.1. The zero-order chi connectivity index (χ0) is 22.4. The van der Waals surface area contributed by atoms with Gasteiger partial charge in [0.15, 0.2) is 5.78 Å². The minimum atomic E-state index is -3.59. The number of carbonyl (C=O) groups excluding carboxylic acids is 1. The Labute approximate surface area is 189 Å². The third-order valence-electron chi connectivity index (χ3n) is 5.31. The summed E-state index contributed by atoms with van der Waals surface area (Å²) < 4.78 is 31.3. The van der Waals surface area contributed by atoms with E-state index in [0.717, 1.165) is 23.0 Å². The van der Waals surface area contributed by atoms with Gasteiger partial charge in [-0.15, -0.1) is 0 Å². The summed E-state index contributed by atoms with van der Waals surface area (Å²) in [6.45, 7) is 3.52. The summed E-state index contributed by atoms with van der Waals surface area (Å²) in [5.74, 6) is -0.171. The number of nitrogens with one attached hydrogen (secondary N) is 1. The van der Waals surface area contributed by atoms with Gasteiger partial charge in [-0.3, -0.25) is 9.69 Å². The summed E-state index contributed by atoms with van der Waals surface area (Å²) in [7, 11) is -0.666. The minimum absolute atomic E-state index is 0.00542. The van der Waals surface area contributed by atoms with Crippen LogP contribution in [0.15, 0.2) is 53.4 Å². The zero-order valence-corrected chi connectivity index (χ0v) is 19.3. The van der Waals surface area contributed by atoms with Gasteiger partial charge in [-0.2, -0.15) is 0 Å². The van der Waals surface area contributed by atoms with Gasteiger partial charge < -0.3 is 10.1 Å². The summed E-state index contributed by atoms with van der Waals surface area (Å²) in [5.41, 5.74) is 1.36. The Balaban J connectivity index is 1.69. The van der Waals surface area contributed by atoms with E-state index in [0.29, 0.717) is 30.3 Å². The van der Waals surface area contributed by atoms with Crippen LogP contribution in [0.5, 0.6) is 0 Å². The van der Waals surface area contributed by atoms with E-state index >= 15 is 0 Å². The van der Waals surface area contributed by atoms with Gasteiger partial charge in [0.05, 0.1) is 24.7 Å². The lowest BCUT2D eigenvalue weighted by molar-refractivity contribution is 0.0162. The number of hydrogen-bond acceptors (Lipinski definition) is 6. The lowest BCUT2D eigenvalue weighted by atomic mass is 10.0. The predicted molar refractivity (Wildman–Crippen MR) is 121 cm³/mol. The molecule has 1 atom stereocenters. The molecule has 168 valence electrons. The first kappa shape index (κ1) is 23.8. The normalized spacial score (nSPS) is 16.4. The molecule has 0 saturated carbocycles. The predicted octanol–water partition coefficient (Wildman–Crippen LogP) is 2.44. The van der Waals surface area contributed by atoms with E-state index in [1.54, 1.807) is 12.1 Å². The number of rotatable bonds is 9. The Hall–Kier alpha value is -1.81. The van der Waals surface area contributed by atoms with Crippen LogP contribution in [0.3, 0.4) is 0 Å². The van der Waals surface area contributed by atoms with Crippen molar-refractivity contribution in [1.29, 1.82) is 0 Å². The topological polar surface area (TPSA) is 79.0 Å². The molecule has 1 saturated heterocycles. The van der Waals surface area contributed by atoms with Crippen molar-refractivity contribution in [1.82, 2.24) is 14.5 Å². The molecule has 3 rings (SSSR count). The molecule has 2 aromatic carbocycles. The molecule has 7 nitrogen and oxygen atoms in total. The molecule has 0 aromatic heterocycles. The Bertz CT molecular complexity index is 1010. The highest BCUT2D eigenvalue weighted by Gasteiger charge is 2.24. The Kier molecular flexibility index (Phi) is 8.21. The van der Waals surface area contributed by atoms with Crippen LogP contribution >= 0.6 is 11.6 Å². The number of halogens is 1. The summed E-state index contributed by atoms with van der Waals surface area (Å²) in [5, 5.41) is 3.93. The van der Waals surface area contributed by atoms with Gasteiger partial charge >= 0.3 is 0 Å². The number of morpholine rings is 1. The van der Waals surface area contributed by atoms with Crippen LogP contribution < -0.4 is 5.32 Å². The van der Waals surface area contributed by atoms with E-state index in [2.05, 4.69) is 10.2 Å². The number of hydrogen-bond donors (Lipinski definition) is 1. The fourth-order valence-corrected chi connectivity index (χ4v) is 4.75. The largest absolute Gasteiger partial charge is 0.379 e. The summed E-state index contributed by atoms with van der Waals surface area (Å²) in [6, 6.07) is 13.9. The maximum Gasteiger partial charge on any atom is 0.242 e. The molecule has 1 unspecified atom stereocenters. The van der Waals surface area contributed by atoms with Crippen molar-refractivity contribution in [3.8, 4) is 0 Å². The van der Waals surface area contributed by atoms with Gasteiger partial charge in [-0.1, -0.05) is 41.9 Å². The molecule has 1 aliphatic heterocycles. The first-order valence-corrected chi connectivity index (χ1v) is 11.9. The van der Waals surface area contributed by atoms with Gasteiger partial charge in [-0.05, 0) is 23.8 Å². The highest BCUT2D eigenvalue weighted by Crippen LogP contribution is 2.27. The second-order valence-electron chi connectivity index (χ2n) is 7.55. The molecule has 1 heterocycles.